The van der Waals surface area contributed by atoms with E-state index in [4.69, 9.17) is 5.11 Å². The number of aromatic carboxylic acids is 1. The molecule has 0 radical (unpaired) electrons. The number of amides is 1. The number of nitrogens with one attached hydrogen (secondary N) is 1. The normalized spacial score (nSPS) is 18.9. The van der Waals surface area contributed by atoms with E-state index in [0.717, 1.165) is 17.9 Å². The molecular formula is C11H12N2O3S. The van der Waals surface area contributed by atoms with Crippen LogP contribution >= 0.6 is 11.8 Å². The molecule has 1 aromatic rings. The summed E-state index contributed by atoms with van der Waals surface area (Å²) < 4.78 is 0. The third kappa shape index (κ3) is 2.76. The van der Waals surface area contributed by atoms with Gasteiger partial charge in [0.15, 0.2) is 0 Å². The second kappa shape index (κ2) is 5.18. The van der Waals surface area contributed by atoms with Gasteiger partial charge in [0.05, 0.1) is 5.56 Å². The lowest BCUT2D eigenvalue weighted by atomic mass is 10.1. The SMILES string of the molecule is O=C(O)c1cccnc1C(=O)NC1CCSC1. The number of rotatable bonds is 3. The lowest BCUT2D eigenvalue weighted by molar-refractivity contribution is 0.0689. The van der Waals surface area contributed by atoms with Crippen LogP contribution in [0.2, 0.25) is 0 Å². The number of hydrogen-bond donors (Lipinski definition) is 2. The maximum Gasteiger partial charge on any atom is 0.338 e. The molecule has 1 aliphatic rings. The molecule has 0 saturated carbocycles. The van der Waals surface area contributed by atoms with Crippen molar-refractivity contribution in [2.24, 2.45) is 0 Å². The molecule has 1 aromatic heterocycles. The van der Waals surface area contributed by atoms with Crippen molar-refractivity contribution in [3.63, 3.8) is 0 Å². The van der Waals surface area contributed by atoms with Gasteiger partial charge >= 0.3 is 5.97 Å². The Balaban J connectivity index is 2.15. The average molecular weight is 252 g/mol. The third-order valence-electron chi connectivity index (χ3n) is 2.52. The number of carboxylic acid groups (broad SMARTS) is 1. The van der Waals surface area contributed by atoms with Gasteiger partial charge in [0.2, 0.25) is 0 Å². The van der Waals surface area contributed by atoms with Gasteiger partial charge in [0.25, 0.3) is 5.91 Å². The van der Waals surface area contributed by atoms with E-state index in [-0.39, 0.29) is 17.3 Å². The second-order valence-corrected chi connectivity index (χ2v) is 4.89. The van der Waals surface area contributed by atoms with Gasteiger partial charge < -0.3 is 10.4 Å². The topological polar surface area (TPSA) is 79.3 Å². The summed E-state index contributed by atoms with van der Waals surface area (Å²) in [4.78, 5) is 26.7. The van der Waals surface area contributed by atoms with Crippen LogP contribution in [0.3, 0.4) is 0 Å². The molecule has 0 bridgehead atoms. The maximum absolute atomic E-state index is 11.9. The third-order valence-corrected chi connectivity index (χ3v) is 3.68. The highest BCUT2D eigenvalue weighted by molar-refractivity contribution is 7.99. The molecule has 5 nitrogen and oxygen atoms in total. The van der Waals surface area contributed by atoms with E-state index in [1.807, 2.05) is 0 Å². The molecule has 1 amide bonds. The van der Waals surface area contributed by atoms with Gasteiger partial charge in [-0.05, 0) is 24.3 Å². The Morgan fingerprint density at radius 1 is 1.53 bits per heavy atom. The van der Waals surface area contributed by atoms with Crippen molar-refractivity contribution < 1.29 is 14.7 Å². The van der Waals surface area contributed by atoms with Gasteiger partial charge in [-0.15, -0.1) is 0 Å². The van der Waals surface area contributed by atoms with Crippen LogP contribution in [-0.4, -0.2) is 39.5 Å². The minimum Gasteiger partial charge on any atom is -0.478 e. The summed E-state index contributed by atoms with van der Waals surface area (Å²) in [5.41, 5.74) is -0.0763. The summed E-state index contributed by atoms with van der Waals surface area (Å²) in [5, 5.41) is 11.8. The molecule has 90 valence electrons. The molecule has 0 spiro atoms. The summed E-state index contributed by atoms with van der Waals surface area (Å²) in [6.07, 6.45) is 2.34. The van der Waals surface area contributed by atoms with Crippen LogP contribution in [0.1, 0.15) is 27.3 Å². The van der Waals surface area contributed by atoms with Gasteiger partial charge in [-0.1, -0.05) is 0 Å². The standard InChI is InChI=1S/C11H12N2O3S/c14-10(13-7-3-5-17-6-7)9-8(11(15)16)2-1-4-12-9/h1-2,4,7H,3,5-6H2,(H,13,14)(H,15,16). The van der Waals surface area contributed by atoms with E-state index in [0.29, 0.717) is 0 Å². The highest BCUT2D eigenvalue weighted by atomic mass is 32.2. The Bertz CT molecular complexity index is 444. The molecule has 2 rings (SSSR count). The number of hydrogen-bond acceptors (Lipinski definition) is 4. The summed E-state index contributed by atoms with van der Waals surface area (Å²) in [5.74, 6) is 0.361. The molecule has 1 fully saturated rings. The molecule has 2 N–H and O–H groups in total. The number of carbonyl (C=O) groups is 2. The summed E-state index contributed by atoms with van der Waals surface area (Å²) >= 11 is 1.78. The average Bonchev–Trinajstić information content (AvgIpc) is 2.81. The zero-order valence-corrected chi connectivity index (χ0v) is 9.87. The Kier molecular flexibility index (Phi) is 3.63. The first kappa shape index (κ1) is 11.9. The van der Waals surface area contributed by atoms with Gasteiger partial charge in [-0.3, -0.25) is 9.78 Å². The molecule has 17 heavy (non-hydrogen) atoms. The summed E-state index contributed by atoms with van der Waals surface area (Å²) in [6.45, 7) is 0. The van der Waals surface area contributed by atoms with Crippen molar-refractivity contribution in [1.29, 1.82) is 0 Å². The van der Waals surface area contributed by atoms with Gasteiger partial charge in [-0.25, -0.2) is 4.79 Å². The molecule has 0 aliphatic carbocycles. The number of aromatic nitrogens is 1. The molecule has 1 aliphatic heterocycles. The van der Waals surface area contributed by atoms with Crippen molar-refractivity contribution in [2.45, 2.75) is 12.5 Å². The Morgan fingerprint density at radius 2 is 2.35 bits per heavy atom. The first-order valence-corrected chi connectivity index (χ1v) is 6.41. The van der Waals surface area contributed by atoms with E-state index >= 15 is 0 Å². The van der Waals surface area contributed by atoms with E-state index in [1.165, 1.54) is 18.3 Å². The Hall–Kier alpha value is -1.56. The zero-order valence-electron chi connectivity index (χ0n) is 9.05. The number of nitrogens with zero attached hydrogens (tertiary/aromatic N) is 1. The van der Waals surface area contributed by atoms with Gasteiger partial charge in [0.1, 0.15) is 5.69 Å². The molecule has 0 aromatic carbocycles. The van der Waals surface area contributed by atoms with E-state index in [2.05, 4.69) is 10.3 Å². The number of thioether (sulfide) groups is 1. The highest BCUT2D eigenvalue weighted by Gasteiger charge is 2.22. The fraction of sp³-hybridized carbons (Fsp3) is 0.364. The van der Waals surface area contributed by atoms with Gasteiger partial charge in [-0.2, -0.15) is 11.8 Å². The number of carboxylic acids is 1. The maximum atomic E-state index is 11.9. The zero-order chi connectivity index (χ0) is 12.3. The Labute approximate surface area is 103 Å². The summed E-state index contributed by atoms with van der Waals surface area (Å²) in [6, 6.07) is 3.01. The molecule has 6 heteroatoms. The van der Waals surface area contributed by atoms with Crippen molar-refractivity contribution in [3.8, 4) is 0 Å². The first-order valence-electron chi connectivity index (χ1n) is 5.25. The fourth-order valence-corrected chi connectivity index (χ4v) is 2.81. The van der Waals surface area contributed by atoms with Crippen LogP contribution in [0.15, 0.2) is 18.3 Å². The predicted molar refractivity (Wildman–Crippen MR) is 64.4 cm³/mol. The smallest absolute Gasteiger partial charge is 0.338 e. The number of carbonyl (C=O) groups excluding carboxylic acids is 1. The van der Waals surface area contributed by atoms with Crippen molar-refractivity contribution in [2.75, 3.05) is 11.5 Å². The molecule has 1 atom stereocenters. The van der Waals surface area contributed by atoms with Crippen molar-refractivity contribution in [3.05, 3.63) is 29.6 Å². The quantitative estimate of drug-likeness (QED) is 0.839. The highest BCUT2D eigenvalue weighted by Crippen LogP contribution is 2.17. The largest absolute Gasteiger partial charge is 0.478 e. The van der Waals surface area contributed by atoms with E-state index in [1.54, 1.807) is 11.8 Å². The van der Waals surface area contributed by atoms with Gasteiger partial charge in [0, 0.05) is 18.0 Å². The molecule has 2 heterocycles. The monoisotopic (exact) mass is 252 g/mol. The predicted octanol–water partition coefficient (Wildman–Crippen LogP) is 1.02. The minimum absolute atomic E-state index is 0.0168. The van der Waals surface area contributed by atoms with Crippen LogP contribution in [0, 0.1) is 0 Å². The van der Waals surface area contributed by atoms with Crippen LogP contribution in [0.25, 0.3) is 0 Å². The fourth-order valence-electron chi connectivity index (χ4n) is 1.66. The van der Waals surface area contributed by atoms with Crippen molar-refractivity contribution >= 4 is 23.6 Å². The first-order chi connectivity index (χ1) is 8.18. The number of pyridine rings is 1. The van der Waals surface area contributed by atoms with Crippen LogP contribution in [0.5, 0.6) is 0 Å². The minimum atomic E-state index is -1.14. The lowest BCUT2D eigenvalue weighted by Gasteiger charge is -2.11. The molecule has 1 saturated heterocycles. The van der Waals surface area contributed by atoms with E-state index < -0.39 is 11.9 Å². The van der Waals surface area contributed by atoms with Crippen LogP contribution in [0.4, 0.5) is 0 Å². The van der Waals surface area contributed by atoms with Crippen molar-refractivity contribution in [1.82, 2.24) is 10.3 Å². The van der Waals surface area contributed by atoms with Crippen LogP contribution in [-0.2, 0) is 0 Å². The Morgan fingerprint density at radius 3 is 3.00 bits per heavy atom. The van der Waals surface area contributed by atoms with Crippen LogP contribution < -0.4 is 5.32 Å². The van der Waals surface area contributed by atoms with E-state index in [9.17, 15) is 9.59 Å². The molecule has 1 unspecified atom stereocenters. The second-order valence-electron chi connectivity index (χ2n) is 3.74. The molecular weight excluding hydrogens is 240 g/mol. The lowest BCUT2D eigenvalue weighted by Crippen LogP contribution is -2.36. The summed E-state index contributed by atoms with van der Waals surface area (Å²) in [7, 11) is 0.